The molecule has 0 saturated carbocycles. The Bertz CT molecular complexity index is 1140. The summed E-state index contributed by atoms with van der Waals surface area (Å²) in [5, 5.41) is 14.7. The fraction of sp³-hybridized carbons (Fsp3) is 0.118. The van der Waals surface area contributed by atoms with Gasteiger partial charge in [-0.2, -0.15) is 9.50 Å². The Hall–Kier alpha value is -3.55. The zero-order valence-corrected chi connectivity index (χ0v) is 13.0. The van der Waals surface area contributed by atoms with Crippen LogP contribution in [0.2, 0.25) is 0 Å². The Morgan fingerprint density at radius 1 is 1.08 bits per heavy atom. The lowest BCUT2D eigenvalue weighted by atomic mass is 10.1. The van der Waals surface area contributed by atoms with E-state index < -0.39 is 0 Å². The molecule has 5 rings (SSSR count). The summed E-state index contributed by atoms with van der Waals surface area (Å²) >= 11 is 0. The standard InChI is InChI=1S/C17H13N5O3/c18-17-20-16-11-7-10(23)2-3-12(11)19-15(22(16)21-17)6-9-1-4-13-14(5-9)25-8-24-13/h1-5,7,23H,6,8H2,(H2,18,21). The number of nitrogen functional groups attached to an aromatic ring is 1. The number of nitrogens with zero attached hydrogens (tertiary/aromatic N) is 4. The van der Waals surface area contributed by atoms with Gasteiger partial charge in [-0.15, -0.1) is 5.10 Å². The van der Waals surface area contributed by atoms with Crippen molar-refractivity contribution in [3.8, 4) is 17.2 Å². The number of ether oxygens (including phenoxy) is 2. The van der Waals surface area contributed by atoms with Crippen molar-refractivity contribution in [2.75, 3.05) is 12.5 Å². The third-order valence-corrected chi connectivity index (χ3v) is 4.14. The van der Waals surface area contributed by atoms with Crippen LogP contribution in [-0.2, 0) is 6.42 Å². The highest BCUT2D eigenvalue weighted by molar-refractivity contribution is 5.92. The van der Waals surface area contributed by atoms with E-state index >= 15 is 0 Å². The molecular weight excluding hydrogens is 322 g/mol. The third-order valence-electron chi connectivity index (χ3n) is 4.14. The van der Waals surface area contributed by atoms with Crippen LogP contribution in [0.4, 0.5) is 5.95 Å². The van der Waals surface area contributed by atoms with Crippen molar-refractivity contribution < 1.29 is 14.6 Å². The first-order valence-corrected chi connectivity index (χ1v) is 7.70. The molecule has 1 aliphatic rings. The average Bonchev–Trinajstić information content (AvgIpc) is 3.21. The van der Waals surface area contributed by atoms with E-state index in [1.54, 1.807) is 22.7 Å². The summed E-state index contributed by atoms with van der Waals surface area (Å²) in [7, 11) is 0. The minimum absolute atomic E-state index is 0.140. The lowest BCUT2D eigenvalue weighted by molar-refractivity contribution is 0.174. The summed E-state index contributed by atoms with van der Waals surface area (Å²) < 4.78 is 12.4. The van der Waals surface area contributed by atoms with Gasteiger partial charge in [0.05, 0.1) is 5.52 Å². The molecule has 0 bridgehead atoms. The number of aromatic hydroxyl groups is 1. The van der Waals surface area contributed by atoms with E-state index in [4.69, 9.17) is 15.2 Å². The molecule has 3 N–H and O–H groups in total. The molecule has 0 fully saturated rings. The van der Waals surface area contributed by atoms with Gasteiger partial charge in [-0.3, -0.25) is 0 Å². The van der Waals surface area contributed by atoms with Crippen LogP contribution in [0, 0.1) is 0 Å². The zero-order valence-electron chi connectivity index (χ0n) is 13.0. The van der Waals surface area contributed by atoms with Gasteiger partial charge in [0.15, 0.2) is 17.1 Å². The highest BCUT2D eigenvalue weighted by atomic mass is 16.7. The Morgan fingerprint density at radius 3 is 2.88 bits per heavy atom. The summed E-state index contributed by atoms with van der Waals surface area (Å²) in [6.07, 6.45) is 0.521. The smallest absolute Gasteiger partial charge is 0.240 e. The number of phenols is 1. The summed E-state index contributed by atoms with van der Waals surface area (Å²) in [5.74, 6) is 2.44. The quantitative estimate of drug-likeness (QED) is 0.576. The zero-order chi connectivity index (χ0) is 17.0. The molecule has 124 valence electrons. The monoisotopic (exact) mass is 335 g/mol. The fourth-order valence-corrected chi connectivity index (χ4v) is 3.02. The van der Waals surface area contributed by atoms with Gasteiger partial charge in [0.2, 0.25) is 12.7 Å². The number of phenolic OH excluding ortho intramolecular Hbond substituents is 1. The number of aromatic nitrogens is 4. The Morgan fingerprint density at radius 2 is 1.96 bits per heavy atom. The van der Waals surface area contributed by atoms with Gasteiger partial charge in [-0.1, -0.05) is 6.07 Å². The molecule has 0 unspecified atom stereocenters. The second kappa shape index (κ2) is 4.97. The van der Waals surface area contributed by atoms with E-state index in [1.807, 2.05) is 18.2 Å². The van der Waals surface area contributed by atoms with E-state index in [0.29, 0.717) is 28.8 Å². The van der Waals surface area contributed by atoms with Gasteiger partial charge in [-0.05, 0) is 35.9 Å². The van der Waals surface area contributed by atoms with Gasteiger partial charge in [0, 0.05) is 11.8 Å². The molecule has 0 spiro atoms. The lowest BCUT2D eigenvalue weighted by Gasteiger charge is -2.07. The topological polar surface area (TPSA) is 108 Å². The number of benzene rings is 2. The first kappa shape index (κ1) is 13.8. The molecule has 2 aromatic carbocycles. The minimum Gasteiger partial charge on any atom is -0.508 e. The van der Waals surface area contributed by atoms with Crippen molar-refractivity contribution in [2.45, 2.75) is 6.42 Å². The van der Waals surface area contributed by atoms with Gasteiger partial charge >= 0.3 is 0 Å². The van der Waals surface area contributed by atoms with Gasteiger partial charge in [0.25, 0.3) is 0 Å². The molecule has 3 heterocycles. The maximum absolute atomic E-state index is 9.75. The molecule has 1 aliphatic heterocycles. The van der Waals surface area contributed by atoms with Crippen molar-refractivity contribution in [3.05, 3.63) is 47.8 Å². The van der Waals surface area contributed by atoms with Crippen LogP contribution in [0.25, 0.3) is 16.6 Å². The summed E-state index contributed by atoms with van der Waals surface area (Å²) in [4.78, 5) is 8.94. The van der Waals surface area contributed by atoms with Crippen LogP contribution in [0.15, 0.2) is 36.4 Å². The molecule has 0 saturated heterocycles. The van der Waals surface area contributed by atoms with Crippen LogP contribution < -0.4 is 15.2 Å². The normalized spacial score (nSPS) is 13.0. The third kappa shape index (κ3) is 2.18. The van der Waals surface area contributed by atoms with Crippen LogP contribution in [0.1, 0.15) is 11.4 Å². The van der Waals surface area contributed by atoms with Crippen LogP contribution in [-0.4, -0.2) is 31.5 Å². The number of hydrogen-bond acceptors (Lipinski definition) is 7. The summed E-state index contributed by atoms with van der Waals surface area (Å²) in [6, 6.07) is 10.7. The Kier molecular flexibility index (Phi) is 2.75. The molecule has 0 atom stereocenters. The van der Waals surface area contributed by atoms with E-state index in [9.17, 15) is 5.11 Å². The van der Waals surface area contributed by atoms with Crippen LogP contribution in [0.5, 0.6) is 17.2 Å². The number of fused-ring (bicyclic) bond motifs is 4. The van der Waals surface area contributed by atoms with Crippen molar-refractivity contribution in [2.24, 2.45) is 0 Å². The van der Waals surface area contributed by atoms with Crippen molar-refractivity contribution >= 4 is 22.5 Å². The van der Waals surface area contributed by atoms with E-state index in [0.717, 1.165) is 17.1 Å². The largest absolute Gasteiger partial charge is 0.508 e. The van der Waals surface area contributed by atoms with E-state index in [1.165, 1.54) is 0 Å². The molecule has 0 radical (unpaired) electrons. The lowest BCUT2D eigenvalue weighted by Crippen LogP contribution is -2.05. The summed E-state index contributed by atoms with van der Waals surface area (Å²) in [6.45, 7) is 0.236. The van der Waals surface area contributed by atoms with Crippen LogP contribution >= 0.6 is 0 Å². The molecule has 0 amide bonds. The molecule has 8 nitrogen and oxygen atoms in total. The highest BCUT2D eigenvalue weighted by Gasteiger charge is 2.16. The van der Waals surface area contributed by atoms with E-state index in [2.05, 4.69) is 15.1 Å². The maximum Gasteiger partial charge on any atom is 0.240 e. The van der Waals surface area contributed by atoms with E-state index in [-0.39, 0.29) is 18.5 Å². The Labute approximate surface area is 141 Å². The predicted molar refractivity (Wildman–Crippen MR) is 89.7 cm³/mol. The first-order chi connectivity index (χ1) is 12.2. The SMILES string of the molecule is Nc1nc2c3cc(O)ccc3nc(Cc3ccc4c(c3)OCO4)n2n1. The second-order valence-corrected chi connectivity index (χ2v) is 5.80. The molecule has 8 heteroatoms. The van der Waals surface area contributed by atoms with Crippen molar-refractivity contribution in [1.29, 1.82) is 0 Å². The number of anilines is 1. The highest BCUT2D eigenvalue weighted by Crippen LogP contribution is 2.33. The molecule has 25 heavy (non-hydrogen) atoms. The molecular formula is C17H13N5O3. The van der Waals surface area contributed by atoms with Gasteiger partial charge < -0.3 is 20.3 Å². The fourth-order valence-electron chi connectivity index (χ4n) is 3.02. The molecule has 2 aromatic heterocycles. The Balaban J connectivity index is 1.68. The maximum atomic E-state index is 9.75. The summed E-state index contributed by atoms with van der Waals surface area (Å²) in [5.41, 5.74) is 8.07. The van der Waals surface area contributed by atoms with Crippen LogP contribution in [0.3, 0.4) is 0 Å². The van der Waals surface area contributed by atoms with Crippen molar-refractivity contribution in [1.82, 2.24) is 19.6 Å². The second-order valence-electron chi connectivity index (χ2n) is 5.80. The predicted octanol–water partition coefficient (Wildman–Crippen LogP) is 1.88. The first-order valence-electron chi connectivity index (χ1n) is 7.70. The molecule has 0 aliphatic carbocycles. The minimum atomic E-state index is 0.140. The molecule has 4 aromatic rings. The number of hydrogen-bond donors (Lipinski definition) is 2. The van der Waals surface area contributed by atoms with Crippen molar-refractivity contribution in [3.63, 3.8) is 0 Å². The average molecular weight is 335 g/mol. The van der Waals surface area contributed by atoms with Gasteiger partial charge in [0.1, 0.15) is 11.6 Å². The van der Waals surface area contributed by atoms with Gasteiger partial charge in [-0.25, -0.2) is 4.98 Å². The number of rotatable bonds is 2. The number of nitrogens with two attached hydrogens (primary N) is 1.